The van der Waals surface area contributed by atoms with E-state index >= 15 is 0 Å². The zero-order valence-corrected chi connectivity index (χ0v) is 15.1. The highest BCUT2D eigenvalue weighted by atomic mass is 32.2. The van der Waals surface area contributed by atoms with Crippen LogP contribution in [0.4, 0.5) is 5.69 Å². The maximum Gasteiger partial charge on any atom is 0.243 e. The highest BCUT2D eigenvalue weighted by Crippen LogP contribution is 2.22. The van der Waals surface area contributed by atoms with Crippen molar-refractivity contribution in [3.8, 4) is 0 Å². The fourth-order valence-corrected chi connectivity index (χ4v) is 4.79. The maximum absolute atomic E-state index is 12.2. The van der Waals surface area contributed by atoms with Crippen molar-refractivity contribution in [3.63, 3.8) is 0 Å². The molecule has 1 atom stereocenters. The summed E-state index contributed by atoms with van der Waals surface area (Å²) in [6, 6.07) is 5.75. The smallest absolute Gasteiger partial charge is 0.243 e. The number of nitrogens with zero attached hydrogens (tertiary/aromatic N) is 1. The van der Waals surface area contributed by atoms with Gasteiger partial charge in [0.25, 0.3) is 0 Å². The first-order chi connectivity index (χ1) is 11.2. The lowest BCUT2D eigenvalue weighted by Crippen LogP contribution is -2.36. The van der Waals surface area contributed by atoms with Gasteiger partial charge in [-0.25, -0.2) is 8.42 Å². The van der Waals surface area contributed by atoms with Gasteiger partial charge in [0.1, 0.15) is 0 Å². The highest BCUT2D eigenvalue weighted by molar-refractivity contribution is 7.91. The van der Waals surface area contributed by atoms with E-state index in [9.17, 15) is 18.0 Å². The molecule has 1 saturated heterocycles. The van der Waals surface area contributed by atoms with E-state index in [4.69, 9.17) is 0 Å². The predicted octanol–water partition coefficient (Wildman–Crippen LogP) is 1.53. The molecule has 0 radical (unpaired) electrons. The lowest BCUT2D eigenvalue weighted by Gasteiger charge is -2.19. The zero-order chi connectivity index (χ0) is 17.9. The van der Waals surface area contributed by atoms with Gasteiger partial charge < -0.3 is 10.2 Å². The van der Waals surface area contributed by atoms with Gasteiger partial charge in [-0.1, -0.05) is 18.2 Å². The van der Waals surface area contributed by atoms with E-state index in [0.29, 0.717) is 6.42 Å². The molecule has 2 rings (SSSR count). The van der Waals surface area contributed by atoms with Crippen LogP contribution in [0.1, 0.15) is 24.0 Å². The van der Waals surface area contributed by atoms with Crippen LogP contribution < -0.4 is 5.32 Å². The van der Waals surface area contributed by atoms with Crippen LogP contribution >= 0.6 is 0 Å². The normalized spacial score (nSPS) is 19.0. The van der Waals surface area contributed by atoms with Gasteiger partial charge in [-0.2, -0.15) is 0 Å². The number of para-hydroxylation sites is 1. The molecule has 0 aromatic heterocycles. The average molecular weight is 352 g/mol. The number of amides is 2. The first kappa shape index (κ1) is 18.4. The van der Waals surface area contributed by atoms with E-state index in [-0.39, 0.29) is 42.2 Å². The first-order valence-corrected chi connectivity index (χ1v) is 9.80. The van der Waals surface area contributed by atoms with Gasteiger partial charge >= 0.3 is 0 Å². The lowest BCUT2D eigenvalue weighted by atomic mass is 10.0. The number of hydrogen-bond donors (Lipinski definition) is 1. The van der Waals surface area contributed by atoms with Crippen molar-refractivity contribution in [2.24, 2.45) is 5.92 Å². The number of likely N-dealkylation sites (N-methyl/N-ethyl adjacent to an activating group) is 1. The number of benzene rings is 1. The van der Waals surface area contributed by atoms with Crippen LogP contribution in [0.5, 0.6) is 0 Å². The van der Waals surface area contributed by atoms with Crippen molar-refractivity contribution in [2.75, 3.05) is 30.4 Å². The van der Waals surface area contributed by atoms with Crippen LogP contribution in [0.25, 0.3) is 0 Å². The van der Waals surface area contributed by atoms with Crippen LogP contribution in [-0.4, -0.2) is 50.2 Å². The molecule has 7 heteroatoms. The Hall–Kier alpha value is -1.89. The van der Waals surface area contributed by atoms with E-state index in [2.05, 4.69) is 5.32 Å². The number of carbonyl (C=O) groups excluding carboxylic acids is 2. The van der Waals surface area contributed by atoms with Gasteiger partial charge in [-0.15, -0.1) is 0 Å². The minimum Gasteiger partial charge on any atom is -0.336 e. The summed E-state index contributed by atoms with van der Waals surface area (Å²) in [4.78, 5) is 25.7. The summed E-state index contributed by atoms with van der Waals surface area (Å²) < 4.78 is 22.9. The standard InChI is InChI=1S/C17H24N2O4S/c1-12-5-4-6-13(2)17(12)18-15(20)10-19(3)16(21)9-14-7-8-24(22,23)11-14/h4-6,14H,7-11H2,1-3H3,(H,18,20)/t14-/m1/s1. The van der Waals surface area contributed by atoms with Crippen LogP contribution in [0.3, 0.4) is 0 Å². The van der Waals surface area contributed by atoms with Crippen molar-refractivity contribution < 1.29 is 18.0 Å². The number of sulfone groups is 1. The number of rotatable bonds is 5. The minimum absolute atomic E-state index is 0.0495. The Morgan fingerprint density at radius 2 is 1.88 bits per heavy atom. The highest BCUT2D eigenvalue weighted by Gasteiger charge is 2.30. The van der Waals surface area contributed by atoms with Crippen LogP contribution in [0, 0.1) is 19.8 Å². The van der Waals surface area contributed by atoms with Crippen LogP contribution in [-0.2, 0) is 19.4 Å². The molecule has 132 valence electrons. The van der Waals surface area contributed by atoms with E-state index in [0.717, 1.165) is 16.8 Å². The minimum atomic E-state index is -2.99. The van der Waals surface area contributed by atoms with Crippen molar-refractivity contribution >= 4 is 27.3 Å². The van der Waals surface area contributed by atoms with Crippen molar-refractivity contribution in [1.29, 1.82) is 0 Å². The SMILES string of the molecule is Cc1cccc(C)c1NC(=O)CN(C)C(=O)C[C@H]1CCS(=O)(=O)C1. The molecule has 1 aromatic carbocycles. The van der Waals surface area contributed by atoms with Crippen molar-refractivity contribution in [3.05, 3.63) is 29.3 Å². The van der Waals surface area contributed by atoms with Gasteiger partial charge in [0.2, 0.25) is 11.8 Å². The third kappa shape index (κ3) is 4.80. The topological polar surface area (TPSA) is 83.6 Å². The second kappa shape index (κ2) is 7.34. The van der Waals surface area contributed by atoms with Gasteiger partial charge in [0, 0.05) is 19.2 Å². The Balaban J connectivity index is 1.88. The zero-order valence-electron chi connectivity index (χ0n) is 14.3. The van der Waals surface area contributed by atoms with Crippen molar-refractivity contribution in [2.45, 2.75) is 26.7 Å². The van der Waals surface area contributed by atoms with E-state index in [1.54, 1.807) is 7.05 Å². The fraction of sp³-hybridized carbons (Fsp3) is 0.529. The summed E-state index contributed by atoms with van der Waals surface area (Å²) in [7, 11) is -1.42. The molecule has 24 heavy (non-hydrogen) atoms. The number of hydrogen-bond acceptors (Lipinski definition) is 4. The van der Waals surface area contributed by atoms with Crippen LogP contribution in [0.2, 0.25) is 0 Å². The Labute approximate surface area is 143 Å². The monoisotopic (exact) mass is 352 g/mol. The fourth-order valence-electron chi connectivity index (χ4n) is 2.93. The molecular formula is C17H24N2O4S. The summed E-state index contributed by atoms with van der Waals surface area (Å²) in [6.07, 6.45) is 0.697. The average Bonchev–Trinajstić information content (AvgIpc) is 2.82. The molecule has 0 spiro atoms. The largest absolute Gasteiger partial charge is 0.336 e. The third-order valence-corrected chi connectivity index (χ3v) is 6.18. The second-order valence-electron chi connectivity index (χ2n) is 6.54. The molecule has 0 bridgehead atoms. The second-order valence-corrected chi connectivity index (χ2v) is 8.77. The molecule has 6 nitrogen and oxygen atoms in total. The molecule has 1 fully saturated rings. The van der Waals surface area contributed by atoms with Gasteiger partial charge in [0.15, 0.2) is 9.84 Å². The molecule has 0 aliphatic carbocycles. The summed E-state index contributed by atoms with van der Waals surface area (Å²) in [5, 5.41) is 2.84. The molecule has 1 aliphatic heterocycles. The maximum atomic E-state index is 12.2. The van der Waals surface area contributed by atoms with E-state index in [1.165, 1.54) is 4.90 Å². The lowest BCUT2D eigenvalue weighted by molar-refractivity contribution is -0.134. The quantitative estimate of drug-likeness (QED) is 0.871. The summed E-state index contributed by atoms with van der Waals surface area (Å²) in [6.45, 7) is 3.78. The number of carbonyl (C=O) groups is 2. The molecule has 1 heterocycles. The Morgan fingerprint density at radius 3 is 2.42 bits per heavy atom. The molecule has 0 saturated carbocycles. The van der Waals surface area contributed by atoms with Gasteiger partial charge in [-0.05, 0) is 37.3 Å². The molecule has 1 aliphatic rings. The summed E-state index contributed by atoms with van der Waals surface area (Å²) in [5.74, 6) is -0.370. The number of nitrogens with one attached hydrogen (secondary N) is 1. The summed E-state index contributed by atoms with van der Waals surface area (Å²) >= 11 is 0. The number of aryl methyl sites for hydroxylation is 2. The van der Waals surface area contributed by atoms with E-state index < -0.39 is 9.84 Å². The number of anilines is 1. The molecule has 0 unspecified atom stereocenters. The van der Waals surface area contributed by atoms with Gasteiger partial charge in [0.05, 0.1) is 18.1 Å². The summed E-state index contributed by atoms with van der Waals surface area (Å²) in [5.41, 5.74) is 2.70. The third-order valence-electron chi connectivity index (χ3n) is 4.34. The van der Waals surface area contributed by atoms with Crippen LogP contribution in [0.15, 0.2) is 18.2 Å². The first-order valence-electron chi connectivity index (χ1n) is 7.98. The van der Waals surface area contributed by atoms with Gasteiger partial charge in [-0.3, -0.25) is 9.59 Å². The Kier molecular flexibility index (Phi) is 5.64. The Morgan fingerprint density at radius 1 is 1.25 bits per heavy atom. The van der Waals surface area contributed by atoms with Crippen molar-refractivity contribution in [1.82, 2.24) is 4.90 Å². The molecule has 2 amide bonds. The predicted molar refractivity (Wildman–Crippen MR) is 93.6 cm³/mol. The molecule has 1 aromatic rings. The van der Waals surface area contributed by atoms with E-state index in [1.807, 2.05) is 32.0 Å². The Bertz CT molecular complexity index is 723. The molecule has 1 N–H and O–H groups in total. The molecular weight excluding hydrogens is 328 g/mol.